The van der Waals surface area contributed by atoms with Crippen LogP contribution in [-0.2, 0) is 4.74 Å². The van der Waals surface area contributed by atoms with Gasteiger partial charge < -0.3 is 24.4 Å². The molecule has 0 bridgehead atoms. The summed E-state index contributed by atoms with van der Waals surface area (Å²) in [6, 6.07) is 1.30. The molecule has 7 nitrogen and oxygen atoms in total. The summed E-state index contributed by atoms with van der Waals surface area (Å²) in [6.07, 6.45) is 4.11. The fraction of sp³-hybridized carbons (Fsp3) is 0.565. The highest BCUT2D eigenvalue weighted by atomic mass is 19.1. The molecule has 2 aliphatic rings. The van der Waals surface area contributed by atoms with Crippen molar-refractivity contribution >= 4 is 22.6 Å². The number of fused-ring (bicyclic) bond motifs is 1. The number of anilines is 1. The molecule has 4 rings (SSSR count). The molecule has 0 amide bonds. The Bertz CT molecular complexity index is 1060. The Balaban J connectivity index is 1.79. The van der Waals surface area contributed by atoms with Crippen LogP contribution in [0.3, 0.4) is 0 Å². The molecule has 168 valence electrons. The number of hydrogen-bond acceptors (Lipinski definition) is 5. The van der Waals surface area contributed by atoms with Crippen LogP contribution in [0.2, 0.25) is 0 Å². The zero-order valence-corrected chi connectivity index (χ0v) is 17.9. The zero-order chi connectivity index (χ0) is 22.3. The van der Waals surface area contributed by atoms with Crippen molar-refractivity contribution in [2.75, 3.05) is 37.8 Å². The van der Waals surface area contributed by atoms with Crippen molar-refractivity contribution in [3.8, 4) is 0 Å². The van der Waals surface area contributed by atoms with Crippen molar-refractivity contribution in [1.29, 1.82) is 0 Å². The third-order valence-electron chi connectivity index (χ3n) is 6.46. The van der Waals surface area contributed by atoms with Gasteiger partial charge in [-0.15, -0.1) is 0 Å². The first-order chi connectivity index (χ1) is 14.9. The van der Waals surface area contributed by atoms with Crippen LogP contribution < -0.4 is 10.3 Å². The van der Waals surface area contributed by atoms with E-state index in [9.17, 15) is 19.8 Å². The van der Waals surface area contributed by atoms with Gasteiger partial charge in [0.25, 0.3) is 0 Å². The number of aliphatic hydroxyl groups is 1. The van der Waals surface area contributed by atoms with Gasteiger partial charge in [0, 0.05) is 55.8 Å². The summed E-state index contributed by atoms with van der Waals surface area (Å²) in [5, 5.41) is 19.4. The van der Waals surface area contributed by atoms with E-state index in [1.54, 1.807) is 6.92 Å². The van der Waals surface area contributed by atoms with Crippen LogP contribution in [0.4, 0.5) is 10.1 Å². The summed E-state index contributed by atoms with van der Waals surface area (Å²) in [5.41, 5.74) is 0.651. The largest absolute Gasteiger partial charge is 0.477 e. The molecule has 2 aromatic rings. The Labute approximate surface area is 180 Å². The number of carbonyl (C=O) groups is 1. The second kappa shape index (κ2) is 8.59. The summed E-state index contributed by atoms with van der Waals surface area (Å²) in [4.78, 5) is 26.3. The van der Waals surface area contributed by atoms with Crippen LogP contribution in [0.15, 0.2) is 17.1 Å². The van der Waals surface area contributed by atoms with E-state index in [4.69, 9.17) is 4.74 Å². The Morgan fingerprint density at radius 2 is 2.00 bits per heavy atom. The Kier molecular flexibility index (Phi) is 6.03. The minimum Gasteiger partial charge on any atom is -0.477 e. The highest BCUT2D eigenvalue weighted by Crippen LogP contribution is 2.41. The molecule has 2 heterocycles. The molecule has 1 saturated carbocycles. The highest BCUT2D eigenvalue weighted by Gasteiger charge is 2.36. The molecule has 2 N–H and O–H groups in total. The third-order valence-corrected chi connectivity index (χ3v) is 6.46. The van der Waals surface area contributed by atoms with E-state index in [0.717, 1.165) is 19.3 Å². The fourth-order valence-electron chi connectivity index (χ4n) is 4.75. The molecule has 1 aliphatic carbocycles. The summed E-state index contributed by atoms with van der Waals surface area (Å²) in [7, 11) is 0. The molecule has 2 atom stereocenters. The lowest BCUT2D eigenvalue weighted by atomic mass is 9.98. The molecule has 0 unspecified atom stereocenters. The van der Waals surface area contributed by atoms with Gasteiger partial charge in [-0.25, -0.2) is 9.18 Å². The number of aliphatic hydroxyl groups excluding tert-OH is 1. The number of aromatic carboxylic acids is 1. The van der Waals surface area contributed by atoms with E-state index in [1.165, 1.54) is 12.3 Å². The van der Waals surface area contributed by atoms with E-state index in [-0.39, 0.29) is 35.4 Å². The van der Waals surface area contributed by atoms with E-state index in [1.807, 2.05) is 16.4 Å². The van der Waals surface area contributed by atoms with Gasteiger partial charge in [-0.2, -0.15) is 0 Å². The lowest BCUT2D eigenvalue weighted by Crippen LogP contribution is -2.25. The predicted molar refractivity (Wildman–Crippen MR) is 116 cm³/mol. The first kappa shape index (κ1) is 21.8. The molecule has 1 aromatic carbocycles. The van der Waals surface area contributed by atoms with E-state index in [2.05, 4.69) is 0 Å². The fourth-order valence-corrected chi connectivity index (χ4v) is 4.75. The SMILES string of the molecule is CCCOC[C@@H]1CN(c2c(F)cc3c(=O)c(C(=O)O)cn(C4CC4)c3c2C)C[C@@H]1CO. The number of pyridine rings is 1. The number of nitrogens with zero attached hydrogens (tertiary/aromatic N) is 2. The normalized spacial score (nSPS) is 21.2. The molecular formula is C23H29FN2O5. The topological polar surface area (TPSA) is 92.0 Å². The average molecular weight is 432 g/mol. The Morgan fingerprint density at radius 3 is 2.61 bits per heavy atom. The molecule has 1 aromatic heterocycles. The number of ether oxygens (including phenoxy) is 1. The maximum absolute atomic E-state index is 15.3. The number of hydrogen-bond donors (Lipinski definition) is 2. The van der Waals surface area contributed by atoms with Gasteiger partial charge in [0.1, 0.15) is 11.4 Å². The monoisotopic (exact) mass is 432 g/mol. The first-order valence-electron chi connectivity index (χ1n) is 10.9. The molecule has 1 saturated heterocycles. The molecule has 0 spiro atoms. The van der Waals surface area contributed by atoms with Gasteiger partial charge in [0.2, 0.25) is 5.43 Å². The standard InChI is InChI=1S/C23H29FN2O5/c1-3-6-31-12-15-9-25(8-14(15)11-27)21-13(2)20-17(7-19(21)24)22(28)18(23(29)30)10-26(20)16-4-5-16/h7,10,14-16,27H,3-6,8-9,11-12H2,1-2H3,(H,29,30)/t14-,15+/m1/s1. The van der Waals surface area contributed by atoms with Crippen LogP contribution >= 0.6 is 0 Å². The van der Waals surface area contributed by atoms with Crippen molar-refractivity contribution in [2.24, 2.45) is 11.8 Å². The molecule has 2 fully saturated rings. The molecule has 1 aliphatic heterocycles. The van der Waals surface area contributed by atoms with Gasteiger partial charge in [-0.05, 0) is 37.8 Å². The second-order valence-electron chi connectivity index (χ2n) is 8.73. The van der Waals surface area contributed by atoms with Crippen molar-refractivity contribution in [1.82, 2.24) is 4.57 Å². The number of halogens is 1. The minimum absolute atomic E-state index is 0.000344. The summed E-state index contributed by atoms with van der Waals surface area (Å²) in [6.45, 7) is 6.04. The average Bonchev–Trinajstić information content (AvgIpc) is 3.49. The maximum Gasteiger partial charge on any atom is 0.341 e. The van der Waals surface area contributed by atoms with Gasteiger partial charge in [0.05, 0.1) is 17.8 Å². The van der Waals surface area contributed by atoms with Crippen LogP contribution in [0.25, 0.3) is 10.9 Å². The lowest BCUT2D eigenvalue weighted by molar-refractivity contribution is 0.0695. The van der Waals surface area contributed by atoms with E-state index >= 15 is 4.39 Å². The second-order valence-corrected chi connectivity index (χ2v) is 8.73. The molecule has 31 heavy (non-hydrogen) atoms. The number of aromatic nitrogens is 1. The van der Waals surface area contributed by atoms with Crippen molar-refractivity contribution in [2.45, 2.75) is 39.2 Å². The van der Waals surface area contributed by atoms with Crippen LogP contribution in [0.5, 0.6) is 0 Å². The number of rotatable bonds is 8. The Hall–Kier alpha value is -2.45. The number of carboxylic acid groups (broad SMARTS) is 1. The predicted octanol–water partition coefficient (Wildman–Crippen LogP) is 2.95. The quantitative estimate of drug-likeness (QED) is 0.623. The number of carboxylic acids is 1. The minimum atomic E-state index is -1.30. The van der Waals surface area contributed by atoms with Gasteiger partial charge in [-0.3, -0.25) is 4.79 Å². The van der Waals surface area contributed by atoms with E-state index < -0.39 is 17.2 Å². The van der Waals surface area contributed by atoms with Gasteiger partial charge in [0.15, 0.2) is 0 Å². The lowest BCUT2D eigenvalue weighted by Gasteiger charge is -2.24. The van der Waals surface area contributed by atoms with Gasteiger partial charge in [-0.1, -0.05) is 6.92 Å². The van der Waals surface area contributed by atoms with E-state index in [0.29, 0.717) is 43.1 Å². The summed E-state index contributed by atoms with van der Waals surface area (Å²) >= 11 is 0. The summed E-state index contributed by atoms with van der Waals surface area (Å²) < 4.78 is 22.9. The zero-order valence-electron chi connectivity index (χ0n) is 17.9. The van der Waals surface area contributed by atoms with Gasteiger partial charge >= 0.3 is 5.97 Å². The Morgan fingerprint density at radius 1 is 1.29 bits per heavy atom. The van der Waals surface area contributed by atoms with Crippen LogP contribution in [-0.4, -0.2) is 53.7 Å². The molecular weight excluding hydrogens is 403 g/mol. The molecule has 8 heteroatoms. The number of benzene rings is 1. The molecule has 0 radical (unpaired) electrons. The number of aryl methyl sites for hydroxylation is 1. The van der Waals surface area contributed by atoms with Crippen LogP contribution in [0, 0.1) is 24.6 Å². The highest BCUT2D eigenvalue weighted by molar-refractivity contribution is 5.95. The summed E-state index contributed by atoms with van der Waals surface area (Å²) in [5.74, 6) is -1.78. The van der Waals surface area contributed by atoms with Crippen molar-refractivity contribution < 1.29 is 24.1 Å². The first-order valence-corrected chi connectivity index (χ1v) is 10.9. The van der Waals surface area contributed by atoms with Crippen molar-refractivity contribution in [3.63, 3.8) is 0 Å². The van der Waals surface area contributed by atoms with Crippen LogP contribution in [0.1, 0.15) is 48.1 Å². The smallest absolute Gasteiger partial charge is 0.341 e. The van der Waals surface area contributed by atoms with Crippen molar-refractivity contribution in [3.05, 3.63) is 39.4 Å². The maximum atomic E-state index is 15.3. The third kappa shape index (κ3) is 3.94.